The molecule has 0 N–H and O–H groups in total. The Morgan fingerprint density at radius 1 is 0.655 bits per heavy atom. The van der Waals surface area contributed by atoms with Crippen LogP contribution in [-0.4, -0.2) is 26.4 Å². The minimum Gasteiger partial charge on any atom is -0.485 e. The minimum absolute atomic E-state index is 0.146. The van der Waals surface area contributed by atoms with E-state index in [9.17, 15) is 0 Å². The van der Waals surface area contributed by atoms with Gasteiger partial charge in [-0.05, 0) is 39.8 Å². The average Bonchev–Trinajstić information content (AvgIpc) is 3.45. The zero-order valence-corrected chi connectivity index (χ0v) is 19.4. The van der Waals surface area contributed by atoms with Gasteiger partial charge in [-0.3, -0.25) is 0 Å². The maximum absolute atomic E-state index is 5.96. The molecule has 0 radical (unpaired) electrons. The van der Waals surface area contributed by atoms with E-state index in [0.29, 0.717) is 26.4 Å². The molecule has 0 bridgehead atoms. The Labute approximate surface area is 183 Å². The van der Waals surface area contributed by atoms with Crippen molar-refractivity contribution >= 4 is 34.0 Å². The summed E-state index contributed by atoms with van der Waals surface area (Å²) in [6.45, 7) is 11.5. The maximum atomic E-state index is 5.96. The Hall–Kier alpha value is -1.70. The summed E-state index contributed by atoms with van der Waals surface area (Å²) in [5.41, 5.74) is -0.293. The molecule has 3 aromatic rings. The largest absolute Gasteiger partial charge is 0.485 e. The van der Waals surface area contributed by atoms with E-state index in [-0.39, 0.29) is 10.8 Å². The van der Waals surface area contributed by atoms with Crippen molar-refractivity contribution in [3.8, 4) is 23.0 Å². The van der Waals surface area contributed by atoms with Crippen molar-refractivity contribution in [2.75, 3.05) is 26.4 Å². The van der Waals surface area contributed by atoms with Crippen LogP contribution in [0.4, 0.5) is 0 Å². The molecular formula is C22H24O4S3. The van der Waals surface area contributed by atoms with Crippen LogP contribution in [0.25, 0.3) is 0 Å². The predicted octanol–water partition coefficient (Wildman–Crippen LogP) is 6.07. The molecule has 5 heterocycles. The van der Waals surface area contributed by atoms with E-state index in [1.54, 1.807) is 22.7 Å². The molecule has 154 valence electrons. The molecule has 0 unspecified atom stereocenters. The van der Waals surface area contributed by atoms with Gasteiger partial charge in [-0.2, -0.15) is 0 Å². The molecule has 4 nitrogen and oxygen atoms in total. The standard InChI is InChI=1S/C22H24O4S3/c1-21(2,19-17-13(11-27-19)23-7-9-25-17)15-5-6-16(29-15)22(3,4)20-18-14(12-28-20)24-8-10-26-18/h5-6,11-12H,7-10H2,1-4H3. The van der Waals surface area contributed by atoms with E-state index in [1.165, 1.54) is 19.5 Å². The van der Waals surface area contributed by atoms with Crippen LogP contribution < -0.4 is 18.9 Å². The van der Waals surface area contributed by atoms with Crippen molar-refractivity contribution in [3.63, 3.8) is 0 Å². The SMILES string of the molecule is CC(C)(c1ccc(C(C)(C)c2scc3c2OCCO3)s1)c1scc2c1OCCO2. The average molecular weight is 449 g/mol. The summed E-state index contributed by atoms with van der Waals surface area (Å²) in [5, 5.41) is 4.14. The lowest BCUT2D eigenvalue weighted by molar-refractivity contribution is 0.171. The molecule has 0 saturated carbocycles. The molecule has 5 rings (SSSR count). The monoisotopic (exact) mass is 448 g/mol. The van der Waals surface area contributed by atoms with Gasteiger partial charge in [0.15, 0.2) is 23.0 Å². The van der Waals surface area contributed by atoms with Crippen molar-refractivity contribution in [1.29, 1.82) is 0 Å². The quantitative estimate of drug-likeness (QED) is 0.486. The van der Waals surface area contributed by atoms with Crippen LogP contribution in [0, 0.1) is 0 Å². The normalized spacial score (nSPS) is 16.1. The van der Waals surface area contributed by atoms with Crippen molar-refractivity contribution in [1.82, 2.24) is 0 Å². The highest BCUT2D eigenvalue weighted by Gasteiger charge is 2.37. The first-order chi connectivity index (χ1) is 13.9. The highest BCUT2D eigenvalue weighted by molar-refractivity contribution is 7.14. The fourth-order valence-electron chi connectivity index (χ4n) is 3.82. The first-order valence-electron chi connectivity index (χ1n) is 9.75. The molecule has 0 spiro atoms. The Balaban J connectivity index is 1.50. The second-order valence-electron chi connectivity index (χ2n) is 8.32. The summed E-state index contributed by atoms with van der Waals surface area (Å²) < 4.78 is 23.4. The number of fused-ring (bicyclic) bond motifs is 2. The van der Waals surface area contributed by atoms with Gasteiger partial charge in [-0.1, -0.05) is 0 Å². The van der Waals surface area contributed by atoms with Gasteiger partial charge < -0.3 is 18.9 Å². The fraction of sp³-hybridized carbons (Fsp3) is 0.455. The summed E-state index contributed by atoms with van der Waals surface area (Å²) in [5.74, 6) is 3.59. The van der Waals surface area contributed by atoms with Gasteiger partial charge in [0.2, 0.25) is 0 Å². The van der Waals surface area contributed by atoms with Crippen molar-refractivity contribution in [2.45, 2.75) is 38.5 Å². The highest BCUT2D eigenvalue weighted by atomic mass is 32.1. The second kappa shape index (κ2) is 6.93. The van der Waals surface area contributed by atoms with Crippen LogP contribution >= 0.6 is 34.0 Å². The molecule has 2 aliphatic heterocycles. The Morgan fingerprint density at radius 2 is 1.07 bits per heavy atom. The van der Waals surface area contributed by atoms with Crippen LogP contribution in [0.2, 0.25) is 0 Å². The zero-order chi connectivity index (χ0) is 20.2. The lowest BCUT2D eigenvalue weighted by atomic mass is 9.87. The molecule has 29 heavy (non-hydrogen) atoms. The molecule has 0 aliphatic carbocycles. The first kappa shape index (κ1) is 19.3. The molecule has 0 atom stereocenters. The van der Waals surface area contributed by atoms with Crippen LogP contribution in [0.3, 0.4) is 0 Å². The molecule has 0 saturated heterocycles. The lowest BCUT2D eigenvalue weighted by Gasteiger charge is -2.27. The highest BCUT2D eigenvalue weighted by Crippen LogP contribution is 2.52. The Morgan fingerprint density at radius 3 is 1.52 bits per heavy atom. The summed E-state index contributed by atoms with van der Waals surface area (Å²) >= 11 is 5.31. The lowest BCUT2D eigenvalue weighted by Crippen LogP contribution is -2.21. The Bertz CT molecular complexity index is 960. The molecule has 3 aromatic heterocycles. The van der Waals surface area contributed by atoms with Crippen LogP contribution in [0.15, 0.2) is 22.9 Å². The van der Waals surface area contributed by atoms with E-state index >= 15 is 0 Å². The molecule has 0 amide bonds. The number of hydrogen-bond donors (Lipinski definition) is 0. The number of hydrogen-bond acceptors (Lipinski definition) is 7. The summed E-state index contributed by atoms with van der Waals surface area (Å²) in [7, 11) is 0. The smallest absolute Gasteiger partial charge is 0.176 e. The van der Waals surface area contributed by atoms with Gasteiger partial charge in [0.1, 0.15) is 26.4 Å². The van der Waals surface area contributed by atoms with Crippen LogP contribution in [-0.2, 0) is 10.8 Å². The maximum Gasteiger partial charge on any atom is 0.176 e. The molecule has 7 heteroatoms. The van der Waals surface area contributed by atoms with E-state index in [4.69, 9.17) is 18.9 Å². The number of thiophene rings is 3. The molecule has 0 aromatic carbocycles. The predicted molar refractivity (Wildman–Crippen MR) is 119 cm³/mol. The van der Waals surface area contributed by atoms with Crippen molar-refractivity contribution in [3.05, 3.63) is 42.4 Å². The number of ether oxygens (including phenoxy) is 4. The Kier molecular flexibility index (Phi) is 4.60. The molecular weight excluding hydrogens is 424 g/mol. The fourth-order valence-corrected chi connectivity index (χ4v) is 7.32. The van der Waals surface area contributed by atoms with Gasteiger partial charge in [0, 0.05) is 31.3 Å². The van der Waals surface area contributed by atoms with Crippen LogP contribution in [0.1, 0.15) is 47.2 Å². The summed E-state index contributed by atoms with van der Waals surface area (Å²) in [6, 6.07) is 4.52. The zero-order valence-electron chi connectivity index (χ0n) is 17.0. The second-order valence-corrected chi connectivity index (χ2v) is 11.2. The van der Waals surface area contributed by atoms with E-state index < -0.39 is 0 Å². The van der Waals surface area contributed by atoms with E-state index in [0.717, 1.165) is 23.0 Å². The van der Waals surface area contributed by atoms with E-state index in [1.807, 2.05) is 11.3 Å². The van der Waals surface area contributed by atoms with E-state index in [2.05, 4.69) is 50.6 Å². The third-order valence-electron chi connectivity index (χ3n) is 5.58. The van der Waals surface area contributed by atoms with Crippen molar-refractivity contribution < 1.29 is 18.9 Å². The van der Waals surface area contributed by atoms with Crippen LogP contribution in [0.5, 0.6) is 23.0 Å². The van der Waals surface area contributed by atoms with Gasteiger partial charge in [-0.25, -0.2) is 0 Å². The summed E-state index contributed by atoms with van der Waals surface area (Å²) in [4.78, 5) is 5.09. The van der Waals surface area contributed by atoms with Gasteiger partial charge in [-0.15, -0.1) is 34.0 Å². The minimum atomic E-state index is -0.146. The summed E-state index contributed by atoms with van der Waals surface area (Å²) in [6.07, 6.45) is 0. The van der Waals surface area contributed by atoms with Gasteiger partial charge in [0.25, 0.3) is 0 Å². The van der Waals surface area contributed by atoms with Gasteiger partial charge in [0.05, 0.1) is 9.75 Å². The van der Waals surface area contributed by atoms with Crippen molar-refractivity contribution in [2.24, 2.45) is 0 Å². The molecule has 2 aliphatic rings. The first-order valence-corrected chi connectivity index (χ1v) is 12.3. The third kappa shape index (κ3) is 3.05. The number of rotatable bonds is 4. The van der Waals surface area contributed by atoms with Gasteiger partial charge >= 0.3 is 0 Å². The molecule has 0 fully saturated rings. The topological polar surface area (TPSA) is 36.9 Å². The third-order valence-corrected chi connectivity index (χ3v) is 9.83.